The number of anilines is 1. The maximum Gasteiger partial charge on any atom is 0.174 e. The van der Waals surface area contributed by atoms with Gasteiger partial charge in [0.2, 0.25) is 0 Å². The lowest BCUT2D eigenvalue weighted by Gasteiger charge is -2.08. The summed E-state index contributed by atoms with van der Waals surface area (Å²) < 4.78 is 0. The molecule has 0 aromatic carbocycles. The van der Waals surface area contributed by atoms with E-state index in [4.69, 9.17) is 17.3 Å². The second-order valence-corrected chi connectivity index (χ2v) is 3.94. The van der Waals surface area contributed by atoms with Crippen molar-refractivity contribution in [3.05, 3.63) is 16.9 Å². The number of nitrogens with one attached hydrogen (secondary N) is 1. The van der Waals surface area contributed by atoms with Crippen molar-refractivity contribution < 1.29 is 0 Å². The van der Waals surface area contributed by atoms with Crippen LogP contribution >= 0.6 is 11.6 Å². The molecule has 4 nitrogen and oxygen atoms in total. The largest absolute Gasteiger partial charge is 0.396 e. The van der Waals surface area contributed by atoms with Gasteiger partial charge in [0.15, 0.2) is 5.15 Å². The molecule has 0 bridgehead atoms. The fourth-order valence-electron chi connectivity index (χ4n) is 1.72. The second-order valence-electron chi connectivity index (χ2n) is 3.58. The maximum atomic E-state index is 5.68. The van der Waals surface area contributed by atoms with Crippen molar-refractivity contribution in [3.8, 4) is 0 Å². The summed E-state index contributed by atoms with van der Waals surface area (Å²) in [4.78, 5) is 0. The SMILES string of the molecule is Nc1cc(CC2CCCN2)nnc1Cl. The van der Waals surface area contributed by atoms with Crippen LogP contribution in [0.15, 0.2) is 6.07 Å². The average Bonchev–Trinajstić information content (AvgIpc) is 2.64. The fraction of sp³-hybridized carbons (Fsp3) is 0.556. The Morgan fingerprint density at radius 3 is 3.07 bits per heavy atom. The predicted octanol–water partition coefficient (Wildman–Crippen LogP) is 1.01. The number of nitrogens with two attached hydrogens (primary N) is 1. The predicted molar refractivity (Wildman–Crippen MR) is 56.2 cm³/mol. The molecule has 0 aliphatic carbocycles. The smallest absolute Gasteiger partial charge is 0.174 e. The Morgan fingerprint density at radius 1 is 1.57 bits per heavy atom. The second kappa shape index (κ2) is 4.11. The van der Waals surface area contributed by atoms with Crippen LogP contribution in [0, 0.1) is 0 Å². The van der Waals surface area contributed by atoms with Gasteiger partial charge in [-0.05, 0) is 25.5 Å². The lowest BCUT2D eigenvalue weighted by Crippen LogP contribution is -2.24. The molecule has 76 valence electrons. The molecule has 14 heavy (non-hydrogen) atoms. The van der Waals surface area contributed by atoms with Gasteiger partial charge in [0.1, 0.15) is 0 Å². The van der Waals surface area contributed by atoms with Crippen LogP contribution in [0.3, 0.4) is 0 Å². The van der Waals surface area contributed by atoms with Gasteiger partial charge < -0.3 is 11.1 Å². The molecule has 1 aromatic rings. The fourth-order valence-corrected chi connectivity index (χ4v) is 1.81. The highest BCUT2D eigenvalue weighted by molar-refractivity contribution is 6.31. The molecule has 1 aliphatic rings. The van der Waals surface area contributed by atoms with Crippen molar-refractivity contribution in [1.82, 2.24) is 15.5 Å². The molecule has 0 amide bonds. The highest BCUT2D eigenvalue weighted by Gasteiger charge is 2.15. The molecule has 1 aliphatic heterocycles. The van der Waals surface area contributed by atoms with E-state index in [2.05, 4.69) is 15.5 Å². The zero-order valence-corrected chi connectivity index (χ0v) is 8.59. The van der Waals surface area contributed by atoms with Gasteiger partial charge in [-0.3, -0.25) is 0 Å². The number of rotatable bonds is 2. The van der Waals surface area contributed by atoms with E-state index in [9.17, 15) is 0 Å². The Labute approximate surface area is 87.9 Å². The third kappa shape index (κ3) is 2.13. The highest BCUT2D eigenvalue weighted by atomic mass is 35.5. The monoisotopic (exact) mass is 212 g/mol. The van der Waals surface area contributed by atoms with Crippen LogP contribution in [0.25, 0.3) is 0 Å². The lowest BCUT2D eigenvalue weighted by molar-refractivity contribution is 0.591. The molecule has 1 aromatic heterocycles. The molecular weight excluding hydrogens is 200 g/mol. The normalized spacial score (nSPS) is 21.4. The summed E-state index contributed by atoms with van der Waals surface area (Å²) in [5, 5.41) is 11.5. The Balaban J connectivity index is 2.05. The number of nitrogens with zero attached hydrogens (tertiary/aromatic N) is 2. The molecule has 0 saturated carbocycles. The summed E-state index contributed by atoms with van der Waals surface area (Å²) in [5.41, 5.74) is 7.06. The van der Waals surface area contributed by atoms with Crippen molar-refractivity contribution in [3.63, 3.8) is 0 Å². The topological polar surface area (TPSA) is 63.8 Å². The van der Waals surface area contributed by atoms with Gasteiger partial charge >= 0.3 is 0 Å². The standard InChI is InChI=1S/C9H13ClN4/c10-9-8(11)5-7(13-14-9)4-6-2-1-3-12-6/h5-6,12H,1-4H2,(H2,11,13). The minimum atomic E-state index is 0.285. The first-order chi connectivity index (χ1) is 6.75. The van der Waals surface area contributed by atoms with Gasteiger partial charge in [-0.1, -0.05) is 11.6 Å². The molecule has 0 radical (unpaired) electrons. The van der Waals surface area contributed by atoms with Gasteiger partial charge in [0, 0.05) is 12.5 Å². The van der Waals surface area contributed by atoms with Crippen LogP contribution in [0.1, 0.15) is 18.5 Å². The van der Waals surface area contributed by atoms with Gasteiger partial charge in [-0.25, -0.2) is 0 Å². The Morgan fingerprint density at radius 2 is 2.43 bits per heavy atom. The summed E-state index contributed by atoms with van der Waals surface area (Å²) >= 11 is 5.68. The van der Waals surface area contributed by atoms with Gasteiger partial charge in [-0.15, -0.1) is 5.10 Å². The zero-order valence-electron chi connectivity index (χ0n) is 7.83. The van der Waals surface area contributed by atoms with E-state index < -0.39 is 0 Å². The number of halogens is 1. The molecule has 1 saturated heterocycles. The summed E-state index contributed by atoms with van der Waals surface area (Å²) in [7, 11) is 0. The van der Waals surface area contributed by atoms with Crippen molar-refractivity contribution in [2.24, 2.45) is 0 Å². The van der Waals surface area contributed by atoms with E-state index in [0.29, 0.717) is 11.7 Å². The molecule has 1 fully saturated rings. The highest BCUT2D eigenvalue weighted by Crippen LogP contribution is 2.16. The third-order valence-electron chi connectivity index (χ3n) is 2.44. The molecule has 2 rings (SSSR count). The average molecular weight is 213 g/mol. The maximum absolute atomic E-state index is 5.68. The zero-order chi connectivity index (χ0) is 9.97. The first-order valence-electron chi connectivity index (χ1n) is 4.76. The van der Waals surface area contributed by atoms with E-state index in [-0.39, 0.29) is 5.15 Å². The van der Waals surface area contributed by atoms with E-state index in [1.165, 1.54) is 12.8 Å². The van der Waals surface area contributed by atoms with E-state index in [0.717, 1.165) is 18.7 Å². The molecule has 2 heterocycles. The van der Waals surface area contributed by atoms with E-state index in [1.807, 2.05) is 0 Å². The van der Waals surface area contributed by atoms with Crippen molar-refractivity contribution >= 4 is 17.3 Å². The number of hydrogen-bond acceptors (Lipinski definition) is 4. The quantitative estimate of drug-likeness (QED) is 0.768. The van der Waals surface area contributed by atoms with Crippen LogP contribution in [-0.4, -0.2) is 22.8 Å². The minimum absolute atomic E-state index is 0.285. The number of nitrogen functional groups attached to an aromatic ring is 1. The van der Waals surface area contributed by atoms with Crippen molar-refractivity contribution in [2.45, 2.75) is 25.3 Å². The van der Waals surface area contributed by atoms with Crippen molar-refractivity contribution in [2.75, 3.05) is 12.3 Å². The van der Waals surface area contributed by atoms with Crippen LogP contribution < -0.4 is 11.1 Å². The number of aromatic nitrogens is 2. The third-order valence-corrected chi connectivity index (χ3v) is 2.74. The first-order valence-corrected chi connectivity index (χ1v) is 5.14. The van der Waals surface area contributed by atoms with Gasteiger partial charge in [-0.2, -0.15) is 5.10 Å². The van der Waals surface area contributed by atoms with Gasteiger partial charge in [0.05, 0.1) is 11.4 Å². The molecule has 1 atom stereocenters. The minimum Gasteiger partial charge on any atom is -0.396 e. The van der Waals surface area contributed by atoms with E-state index in [1.54, 1.807) is 6.07 Å². The summed E-state index contributed by atoms with van der Waals surface area (Å²) in [6.07, 6.45) is 3.32. The Hall–Kier alpha value is -0.870. The van der Waals surface area contributed by atoms with Crippen LogP contribution in [0.2, 0.25) is 5.15 Å². The van der Waals surface area contributed by atoms with Crippen molar-refractivity contribution in [1.29, 1.82) is 0 Å². The molecule has 3 N–H and O–H groups in total. The molecule has 1 unspecified atom stereocenters. The summed E-state index contributed by atoms with van der Waals surface area (Å²) in [6.45, 7) is 1.10. The van der Waals surface area contributed by atoms with Gasteiger partial charge in [0.25, 0.3) is 0 Å². The number of hydrogen-bond donors (Lipinski definition) is 2. The molecule has 5 heteroatoms. The van der Waals surface area contributed by atoms with Crippen LogP contribution in [0.5, 0.6) is 0 Å². The first kappa shape index (κ1) is 9.68. The van der Waals surface area contributed by atoms with E-state index >= 15 is 0 Å². The molecular formula is C9H13ClN4. The Kier molecular flexibility index (Phi) is 2.84. The summed E-state index contributed by atoms with van der Waals surface area (Å²) in [5.74, 6) is 0. The van der Waals surface area contributed by atoms with Crippen LogP contribution in [-0.2, 0) is 6.42 Å². The lowest BCUT2D eigenvalue weighted by atomic mass is 10.1. The van der Waals surface area contributed by atoms with Crippen LogP contribution in [0.4, 0.5) is 5.69 Å². The molecule has 0 spiro atoms. The summed E-state index contributed by atoms with van der Waals surface area (Å²) in [6, 6.07) is 2.32. The Bertz CT molecular complexity index is 323.